The van der Waals surface area contributed by atoms with Gasteiger partial charge < -0.3 is 10.0 Å². The van der Waals surface area contributed by atoms with Crippen molar-refractivity contribution in [3.63, 3.8) is 0 Å². The molecule has 0 unspecified atom stereocenters. The first kappa shape index (κ1) is 15.3. The summed E-state index contributed by atoms with van der Waals surface area (Å²) in [6.07, 6.45) is -2.19. The first-order valence-corrected chi connectivity index (χ1v) is 6.55. The standard InChI is InChI=1S/C14H14F3NO3/c15-14(16,17)10-6-9(13(20)21)7-11(8-10)18-5-3-1-2-4-12(18)19/h6-8H,1-5H2,(H,20,21). The molecule has 1 fully saturated rings. The van der Waals surface area contributed by atoms with Crippen molar-refractivity contribution in [2.45, 2.75) is 31.9 Å². The van der Waals surface area contributed by atoms with Gasteiger partial charge in [-0.25, -0.2) is 4.79 Å². The number of carbonyl (C=O) groups is 2. The fraction of sp³-hybridized carbons (Fsp3) is 0.429. The van der Waals surface area contributed by atoms with E-state index in [1.807, 2.05) is 0 Å². The fourth-order valence-electron chi connectivity index (χ4n) is 2.31. The molecule has 0 atom stereocenters. The number of carbonyl (C=O) groups excluding carboxylic acids is 1. The van der Waals surface area contributed by atoms with E-state index >= 15 is 0 Å². The summed E-state index contributed by atoms with van der Waals surface area (Å²) in [5.41, 5.74) is -1.54. The predicted octanol–water partition coefficient (Wildman–Crippen LogP) is 3.31. The van der Waals surface area contributed by atoms with E-state index in [0.29, 0.717) is 25.5 Å². The number of anilines is 1. The average molecular weight is 301 g/mol. The molecule has 21 heavy (non-hydrogen) atoms. The van der Waals surface area contributed by atoms with Gasteiger partial charge in [0.05, 0.1) is 11.1 Å². The van der Waals surface area contributed by atoms with Gasteiger partial charge in [-0.3, -0.25) is 4.79 Å². The third kappa shape index (κ3) is 3.53. The summed E-state index contributed by atoms with van der Waals surface area (Å²) in [5.74, 6) is -1.73. The molecule has 0 aliphatic carbocycles. The molecule has 0 bridgehead atoms. The Morgan fingerprint density at radius 2 is 1.86 bits per heavy atom. The van der Waals surface area contributed by atoms with Crippen LogP contribution in [0.4, 0.5) is 18.9 Å². The van der Waals surface area contributed by atoms with Crippen molar-refractivity contribution in [2.24, 2.45) is 0 Å². The minimum Gasteiger partial charge on any atom is -0.478 e. The molecule has 1 saturated heterocycles. The van der Waals surface area contributed by atoms with Crippen LogP contribution in [-0.4, -0.2) is 23.5 Å². The van der Waals surface area contributed by atoms with Gasteiger partial charge in [0.1, 0.15) is 0 Å². The van der Waals surface area contributed by atoms with Crippen LogP contribution in [0.3, 0.4) is 0 Å². The van der Waals surface area contributed by atoms with Crippen LogP contribution in [0, 0.1) is 0 Å². The van der Waals surface area contributed by atoms with Crippen molar-refractivity contribution in [1.29, 1.82) is 0 Å². The molecule has 0 saturated carbocycles. The highest BCUT2D eigenvalue weighted by Crippen LogP contribution is 2.33. The average Bonchev–Trinajstić information content (AvgIpc) is 2.62. The van der Waals surface area contributed by atoms with Gasteiger partial charge in [0.15, 0.2) is 0 Å². The SMILES string of the molecule is O=C(O)c1cc(N2CCCCCC2=O)cc(C(F)(F)F)c1. The number of carboxylic acids is 1. The van der Waals surface area contributed by atoms with Gasteiger partial charge in [-0.1, -0.05) is 6.42 Å². The number of rotatable bonds is 2. The molecule has 0 spiro atoms. The Morgan fingerprint density at radius 3 is 2.48 bits per heavy atom. The van der Waals surface area contributed by atoms with Crippen LogP contribution in [0.2, 0.25) is 0 Å². The van der Waals surface area contributed by atoms with E-state index in [1.54, 1.807) is 0 Å². The molecule has 1 aliphatic rings. The second-order valence-electron chi connectivity index (χ2n) is 4.93. The maximum Gasteiger partial charge on any atom is 0.416 e. The lowest BCUT2D eigenvalue weighted by Crippen LogP contribution is -2.30. The number of carboxylic acid groups (broad SMARTS) is 1. The Labute approximate surface area is 119 Å². The van der Waals surface area contributed by atoms with Crippen LogP contribution in [0.15, 0.2) is 18.2 Å². The third-order valence-electron chi connectivity index (χ3n) is 3.38. The maximum atomic E-state index is 12.9. The van der Waals surface area contributed by atoms with Crippen molar-refractivity contribution in [1.82, 2.24) is 0 Å². The summed E-state index contributed by atoms with van der Waals surface area (Å²) in [6.45, 7) is 0.305. The molecule has 1 amide bonds. The van der Waals surface area contributed by atoms with E-state index in [-0.39, 0.29) is 18.0 Å². The summed E-state index contributed by atoms with van der Waals surface area (Å²) in [7, 11) is 0. The Hall–Kier alpha value is -2.05. The molecule has 1 heterocycles. The quantitative estimate of drug-likeness (QED) is 0.911. The Balaban J connectivity index is 2.48. The number of hydrogen-bond donors (Lipinski definition) is 1. The van der Waals surface area contributed by atoms with Crippen LogP contribution in [-0.2, 0) is 11.0 Å². The van der Waals surface area contributed by atoms with Gasteiger partial charge in [-0.15, -0.1) is 0 Å². The van der Waals surface area contributed by atoms with Gasteiger partial charge in [0.2, 0.25) is 5.91 Å². The number of alkyl halides is 3. The van der Waals surface area contributed by atoms with Crippen LogP contribution >= 0.6 is 0 Å². The molecular weight excluding hydrogens is 287 g/mol. The van der Waals surface area contributed by atoms with Crippen molar-refractivity contribution >= 4 is 17.6 Å². The van der Waals surface area contributed by atoms with Crippen molar-refractivity contribution in [2.75, 3.05) is 11.4 Å². The summed E-state index contributed by atoms with van der Waals surface area (Å²) >= 11 is 0. The minimum absolute atomic E-state index is 0.00544. The molecule has 0 radical (unpaired) electrons. The number of halogens is 3. The minimum atomic E-state index is -4.66. The Morgan fingerprint density at radius 1 is 1.14 bits per heavy atom. The van der Waals surface area contributed by atoms with Gasteiger partial charge in [-0.05, 0) is 31.0 Å². The Kier molecular flexibility index (Phi) is 4.20. The number of aromatic carboxylic acids is 1. The van der Waals surface area contributed by atoms with Gasteiger partial charge in [-0.2, -0.15) is 13.2 Å². The van der Waals surface area contributed by atoms with Crippen molar-refractivity contribution in [3.05, 3.63) is 29.3 Å². The molecule has 4 nitrogen and oxygen atoms in total. The lowest BCUT2D eigenvalue weighted by atomic mass is 10.1. The highest BCUT2D eigenvalue weighted by molar-refractivity contribution is 5.96. The first-order valence-electron chi connectivity index (χ1n) is 6.55. The fourth-order valence-corrected chi connectivity index (χ4v) is 2.31. The smallest absolute Gasteiger partial charge is 0.416 e. The van der Waals surface area contributed by atoms with Crippen molar-refractivity contribution < 1.29 is 27.9 Å². The van der Waals surface area contributed by atoms with Crippen LogP contribution in [0.25, 0.3) is 0 Å². The first-order chi connectivity index (χ1) is 9.79. The molecule has 0 aromatic heterocycles. The second-order valence-corrected chi connectivity index (χ2v) is 4.93. The van der Waals surface area contributed by atoms with E-state index < -0.39 is 23.3 Å². The predicted molar refractivity (Wildman–Crippen MR) is 69.2 cm³/mol. The number of nitrogens with zero attached hydrogens (tertiary/aromatic N) is 1. The lowest BCUT2D eigenvalue weighted by Gasteiger charge is -2.22. The molecular formula is C14H14F3NO3. The van der Waals surface area contributed by atoms with E-state index in [0.717, 1.165) is 18.6 Å². The Bertz CT molecular complexity index is 569. The number of benzene rings is 1. The lowest BCUT2D eigenvalue weighted by molar-refractivity contribution is -0.137. The van der Waals surface area contributed by atoms with Gasteiger partial charge in [0, 0.05) is 18.7 Å². The van der Waals surface area contributed by atoms with E-state index in [4.69, 9.17) is 5.11 Å². The normalized spacial score (nSPS) is 16.7. The molecule has 114 valence electrons. The third-order valence-corrected chi connectivity index (χ3v) is 3.38. The number of hydrogen-bond acceptors (Lipinski definition) is 2. The highest BCUT2D eigenvalue weighted by Gasteiger charge is 2.33. The highest BCUT2D eigenvalue weighted by atomic mass is 19.4. The molecule has 7 heteroatoms. The zero-order valence-corrected chi connectivity index (χ0v) is 11.1. The maximum absolute atomic E-state index is 12.9. The van der Waals surface area contributed by atoms with Crippen molar-refractivity contribution in [3.8, 4) is 0 Å². The summed E-state index contributed by atoms with van der Waals surface area (Å²) in [4.78, 5) is 24.2. The summed E-state index contributed by atoms with van der Waals surface area (Å²) in [6, 6.07) is 2.52. The molecule has 2 rings (SSSR count). The zero-order chi connectivity index (χ0) is 15.6. The van der Waals surface area contributed by atoms with Crippen LogP contribution in [0.5, 0.6) is 0 Å². The van der Waals surface area contributed by atoms with Gasteiger partial charge in [0.25, 0.3) is 0 Å². The largest absolute Gasteiger partial charge is 0.478 e. The topological polar surface area (TPSA) is 57.6 Å². The second kappa shape index (κ2) is 5.75. The molecule has 1 aromatic rings. The number of amides is 1. The van der Waals surface area contributed by atoms with E-state index in [2.05, 4.69) is 0 Å². The van der Waals surface area contributed by atoms with Crippen LogP contribution in [0.1, 0.15) is 41.6 Å². The van der Waals surface area contributed by atoms with E-state index in [1.165, 1.54) is 4.90 Å². The van der Waals surface area contributed by atoms with E-state index in [9.17, 15) is 22.8 Å². The molecule has 1 aromatic carbocycles. The molecule has 1 N–H and O–H groups in total. The van der Waals surface area contributed by atoms with Gasteiger partial charge >= 0.3 is 12.1 Å². The monoisotopic (exact) mass is 301 g/mol. The van der Waals surface area contributed by atoms with Crippen LogP contribution < -0.4 is 4.90 Å². The zero-order valence-electron chi connectivity index (χ0n) is 11.1. The molecule has 1 aliphatic heterocycles. The summed E-state index contributed by atoms with van der Waals surface area (Å²) < 4.78 is 38.6. The summed E-state index contributed by atoms with van der Waals surface area (Å²) in [5, 5.41) is 8.95.